The van der Waals surface area contributed by atoms with Gasteiger partial charge in [-0.15, -0.1) is 20.4 Å². The van der Waals surface area contributed by atoms with Gasteiger partial charge in [-0.3, -0.25) is 0 Å². The molecule has 1 aromatic rings. The summed E-state index contributed by atoms with van der Waals surface area (Å²) in [5.41, 5.74) is 0. The van der Waals surface area contributed by atoms with Crippen molar-refractivity contribution in [2.45, 2.75) is 13.3 Å². The van der Waals surface area contributed by atoms with Gasteiger partial charge in [-0.1, -0.05) is 6.92 Å². The fraction of sp³-hybridized carbons (Fsp3) is 0.500. The van der Waals surface area contributed by atoms with Crippen molar-refractivity contribution in [3.8, 4) is 0 Å². The van der Waals surface area contributed by atoms with Crippen molar-refractivity contribution in [3.63, 3.8) is 0 Å². The molecule has 0 spiro atoms. The molecule has 4 heteroatoms. The second kappa shape index (κ2) is 2.30. The maximum absolute atomic E-state index is 3.67. The van der Waals surface area contributed by atoms with E-state index in [0.29, 0.717) is 5.82 Å². The fourth-order valence-corrected chi connectivity index (χ4v) is 0.369. The molecule has 0 fully saturated rings. The maximum Gasteiger partial charge on any atom is 0.173 e. The Labute approximate surface area is 47.0 Å². The first-order chi connectivity index (χ1) is 3.93. The Kier molecular flexibility index (Phi) is 1.46. The Morgan fingerprint density at radius 3 is 2.38 bits per heavy atom. The summed E-state index contributed by atoms with van der Waals surface area (Å²) in [5.74, 6) is 0.688. The Morgan fingerprint density at radius 1 is 1.38 bits per heavy atom. The summed E-state index contributed by atoms with van der Waals surface area (Å²) in [5, 5.41) is 14.4. The number of aryl methyl sites for hydroxylation is 1. The molecule has 0 N–H and O–H groups in total. The lowest BCUT2D eigenvalue weighted by molar-refractivity contribution is 0.767. The van der Waals surface area contributed by atoms with Gasteiger partial charge in [-0.05, 0) is 0 Å². The molecule has 0 unspecified atom stereocenters. The summed E-state index contributed by atoms with van der Waals surface area (Å²) in [7, 11) is 0. The molecule has 42 valence electrons. The lowest BCUT2D eigenvalue weighted by Gasteiger charge is -1.84. The third kappa shape index (κ3) is 0.959. The van der Waals surface area contributed by atoms with Crippen LogP contribution in [0.2, 0.25) is 0 Å². The van der Waals surface area contributed by atoms with E-state index in [9.17, 15) is 0 Å². The lowest BCUT2D eigenvalue weighted by atomic mass is 10.5. The summed E-state index contributed by atoms with van der Waals surface area (Å²) in [6, 6.07) is 0. The molecule has 0 aliphatic rings. The molecule has 4 nitrogen and oxygen atoms in total. The minimum atomic E-state index is 0.688. The molecule has 0 aromatic carbocycles. The summed E-state index contributed by atoms with van der Waals surface area (Å²) < 4.78 is 0. The van der Waals surface area contributed by atoms with Crippen LogP contribution in [-0.2, 0) is 6.42 Å². The lowest BCUT2D eigenvalue weighted by Crippen LogP contribution is -1.95. The first kappa shape index (κ1) is 5.08. The van der Waals surface area contributed by atoms with Gasteiger partial charge >= 0.3 is 0 Å². The van der Waals surface area contributed by atoms with Gasteiger partial charge < -0.3 is 0 Å². The molecule has 0 saturated carbocycles. The van der Waals surface area contributed by atoms with Crippen LogP contribution in [0.1, 0.15) is 12.7 Å². The van der Waals surface area contributed by atoms with Crippen LogP contribution in [0.25, 0.3) is 0 Å². The van der Waals surface area contributed by atoms with Crippen LogP contribution in [0.15, 0.2) is 6.33 Å². The zero-order chi connectivity index (χ0) is 5.82. The van der Waals surface area contributed by atoms with Gasteiger partial charge in [-0.25, -0.2) is 0 Å². The molecule has 0 bridgehead atoms. The Balaban J connectivity index is 2.83. The Bertz CT molecular complexity index is 149. The molecule has 0 radical (unpaired) electrons. The minimum Gasteiger partial charge on any atom is -0.135 e. The van der Waals surface area contributed by atoms with Crippen LogP contribution in [-0.4, -0.2) is 20.4 Å². The Hall–Kier alpha value is -1.06. The van der Waals surface area contributed by atoms with E-state index in [4.69, 9.17) is 0 Å². The molecule has 1 heterocycles. The van der Waals surface area contributed by atoms with Gasteiger partial charge in [0.25, 0.3) is 0 Å². The maximum atomic E-state index is 3.67. The van der Waals surface area contributed by atoms with Gasteiger partial charge in [0.1, 0.15) is 0 Å². The highest BCUT2D eigenvalue weighted by Crippen LogP contribution is 1.79. The predicted molar refractivity (Wildman–Crippen MR) is 27.0 cm³/mol. The first-order valence-corrected chi connectivity index (χ1v) is 2.42. The highest BCUT2D eigenvalue weighted by atomic mass is 15.3. The van der Waals surface area contributed by atoms with Crippen LogP contribution in [0.5, 0.6) is 0 Å². The normalized spacial score (nSPS) is 9.12. The van der Waals surface area contributed by atoms with E-state index in [1.165, 1.54) is 6.33 Å². The van der Waals surface area contributed by atoms with Gasteiger partial charge in [0, 0.05) is 6.42 Å². The second-order valence-corrected chi connectivity index (χ2v) is 1.32. The highest BCUT2D eigenvalue weighted by molar-refractivity contribution is 4.72. The molecule has 1 rings (SSSR count). The molecule has 1 aromatic heterocycles. The summed E-state index contributed by atoms with van der Waals surface area (Å²) in [6.45, 7) is 1.96. The van der Waals surface area contributed by atoms with Crippen LogP contribution >= 0.6 is 0 Å². The quantitative estimate of drug-likeness (QED) is 0.503. The van der Waals surface area contributed by atoms with E-state index in [2.05, 4.69) is 20.4 Å². The molecule has 0 aliphatic heterocycles. The number of hydrogen-bond donors (Lipinski definition) is 0. The van der Waals surface area contributed by atoms with Crippen molar-refractivity contribution < 1.29 is 0 Å². The number of nitrogens with zero attached hydrogens (tertiary/aromatic N) is 4. The van der Waals surface area contributed by atoms with Crippen LogP contribution in [0.3, 0.4) is 0 Å². The number of aromatic nitrogens is 4. The van der Waals surface area contributed by atoms with E-state index in [1.807, 2.05) is 6.92 Å². The zero-order valence-corrected chi connectivity index (χ0v) is 4.57. The molecule has 0 amide bonds. The monoisotopic (exact) mass is 110 g/mol. The van der Waals surface area contributed by atoms with Gasteiger partial charge in [-0.2, -0.15) is 0 Å². The molecule has 8 heavy (non-hydrogen) atoms. The molecular weight excluding hydrogens is 104 g/mol. The van der Waals surface area contributed by atoms with Crippen LogP contribution in [0.4, 0.5) is 0 Å². The predicted octanol–water partition coefficient (Wildman–Crippen LogP) is -0.171. The van der Waals surface area contributed by atoms with Crippen LogP contribution < -0.4 is 0 Å². The van der Waals surface area contributed by atoms with Crippen molar-refractivity contribution in [1.29, 1.82) is 0 Å². The highest BCUT2D eigenvalue weighted by Gasteiger charge is 1.86. The Morgan fingerprint density at radius 2 is 2.00 bits per heavy atom. The van der Waals surface area contributed by atoms with Crippen LogP contribution in [0, 0.1) is 0 Å². The molecule has 0 atom stereocenters. The standard InChI is InChI=1S/C4H6N4/c1-2-4-7-5-3-6-8-4/h3H,2H2,1H3. The number of rotatable bonds is 1. The topological polar surface area (TPSA) is 51.6 Å². The molecule has 0 saturated heterocycles. The van der Waals surface area contributed by atoms with E-state index >= 15 is 0 Å². The molecule has 0 aliphatic carbocycles. The summed E-state index contributed by atoms with van der Waals surface area (Å²) >= 11 is 0. The van der Waals surface area contributed by atoms with E-state index < -0.39 is 0 Å². The largest absolute Gasteiger partial charge is 0.173 e. The van der Waals surface area contributed by atoms with E-state index in [0.717, 1.165) is 6.42 Å². The van der Waals surface area contributed by atoms with Gasteiger partial charge in [0.05, 0.1) is 0 Å². The van der Waals surface area contributed by atoms with Crippen molar-refractivity contribution >= 4 is 0 Å². The molecular formula is C4H6N4. The average molecular weight is 110 g/mol. The summed E-state index contributed by atoms with van der Waals surface area (Å²) in [4.78, 5) is 0. The van der Waals surface area contributed by atoms with E-state index in [1.54, 1.807) is 0 Å². The zero-order valence-electron chi connectivity index (χ0n) is 4.57. The fourth-order valence-electron chi connectivity index (χ4n) is 0.369. The SMILES string of the molecule is CCc1nncnn1. The number of hydrogen-bond acceptors (Lipinski definition) is 4. The summed E-state index contributed by atoms with van der Waals surface area (Å²) in [6.07, 6.45) is 2.11. The van der Waals surface area contributed by atoms with E-state index in [-0.39, 0.29) is 0 Å². The smallest absolute Gasteiger partial charge is 0.135 e. The average Bonchev–Trinajstić information content (AvgIpc) is 1.90. The van der Waals surface area contributed by atoms with Crippen molar-refractivity contribution in [3.05, 3.63) is 12.2 Å². The van der Waals surface area contributed by atoms with Crippen molar-refractivity contribution in [1.82, 2.24) is 20.4 Å². The third-order valence-electron chi connectivity index (χ3n) is 0.766. The van der Waals surface area contributed by atoms with Crippen molar-refractivity contribution in [2.24, 2.45) is 0 Å². The third-order valence-corrected chi connectivity index (χ3v) is 0.766. The van der Waals surface area contributed by atoms with Crippen molar-refractivity contribution in [2.75, 3.05) is 0 Å². The second-order valence-electron chi connectivity index (χ2n) is 1.32. The van der Waals surface area contributed by atoms with Gasteiger partial charge in [0.15, 0.2) is 12.2 Å². The first-order valence-electron chi connectivity index (χ1n) is 2.42. The van der Waals surface area contributed by atoms with Gasteiger partial charge in [0.2, 0.25) is 0 Å². The minimum absolute atomic E-state index is 0.688.